The molecule has 0 aromatic heterocycles. The van der Waals surface area contributed by atoms with E-state index in [-0.39, 0.29) is 0 Å². The quantitative estimate of drug-likeness (QED) is 0.657. The average molecular weight is 190 g/mol. The lowest BCUT2D eigenvalue weighted by Crippen LogP contribution is -2.19. The van der Waals surface area contributed by atoms with Gasteiger partial charge in [-0.05, 0) is 38.7 Å². The molecule has 14 heavy (non-hydrogen) atoms. The van der Waals surface area contributed by atoms with E-state index in [1.807, 2.05) is 0 Å². The van der Waals surface area contributed by atoms with Crippen molar-refractivity contribution in [2.24, 2.45) is 0 Å². The Morgan fingerprint density at radius 2 is 1.86 bits per heavy atom. The highest BCUT2D eigenvalue weighted by Gasteiger charge is 2.20. The third kappa shape index (κ3) is 2.16. The van der Waals surface area contributed by atoms with Crippen molar-refractivity contribution in [3.63, 3.8) is 0 Å². The van der Waals surface area contributed by atoms with Crippen LogP contribution in [-0.4, -0.2) is 6.10 Å². The van der Waals surface area contributed by atoms with Crippen molar-refractivity contribution >= 4 is 0 Å². The zero-order chi connectivity index (χ0) is 9.97. The molecule has 0 N–H and O–H groups in total. The molecule has 1 aromatic rings. The fourth-order valence-corrected chi connectivity index (χ4v) is 2.03. The minimum absolute atomic E-state index is 0.333. The van der Waals surface area contributed by atoms with E-state index in [1.165, 1.54) is 30.4 Å². The summed E-state index contributed by atoms with van der Waals surface area (Å²) in [6.07, 6.45) is 4.43. The molecule has 0 amide bonds. The van der Waals surface area contributed by atoms with Crippen LogP contribution >= 0.6 is 0 Å². The first-order chi connectivity index (χ1) is 6.75. The normalized spacial score (nSPS) is 27.6. The van der Waals surface area contributed by atoms with Crippen LogP contribution in [0.5, 0.6) is 0 Å². The van der Waals surface area contributed by atoms with Gasteiger partial charge in [0.25, 0.3) is 0 Å². The smallest absolute Gasteiger partial charge is 0.0828 e. The summed E-state index contributed by atoms with van der Waals surface area (Å²) in [6, 6.07) is 8.71. The lowest BCUT2D eigenvalue weighted by atomic mass is 9.98. The second kappa shape index (κ2) is 4.14. The maximum atomic E-state index is 5.91. The molecule has 1 aliphatic heterocycles. The summed E-state index contributed by atoms with van der Waals surface area (Å²) in [5, 5.41) is 0. The third-order valence-corrected chi connectivity index (χ3v) is 2.92. The summed E-state index contributed by atoms with van der Waals surface area (Å²) in [6.45, 7) is 4.29. The standard InChI is InChI=1S/C13H18O/c1-10-6-8-12(9-7-10)13-5-3-4-11(2)14-13/h6-9,11,13H,3-5H2,1-2H3/t11-,13+/m0/s1. The maximum absolute atomic E-state index is 5.91. The highest BCUT2D eigenvalue weighted by Crippen LogP contribution is 2.30. The molecular formula is C13H18O. The number of hydrogen-bond donors (Lipinski definition) is 0. The predicted molar refractivity (Wildman–Crippen MR) is 58.3 cm³/mol. The molecular weight excluding hydrogens is 172 g/mol. The van der Waals surface area contributed by atoms with E-state index in [2.05, 4.69) is 38.1 Å². The average Bonchev–Trinajstić information content (AvgIpc) is 2.19. The van der Waals surface area contributed by atoms with Crippen molar-refractivity contribution in [3.05, 3.63) is 35.4 Å². The number of ether oxygens (including phenoxy) is 1. The van der Waals surface area contributed by atoms with Gasteiger partial charge in [-0.15, -0.1) is 0 Å². The van der Waals surface area contributed by atoms with Crippen LogP contribution < -0.4 is 0 Å². The van der Waals surface area contributed by atoms with Gasteiger partial charge in [0.05, 0.1) is 12.2 Å². The second-order valence-electron chi connectivity index (χ2n) is 4.28. The molecule has 1 aromatic carbocycles. The molecule has 1 aliphatic rings. The topological polar surface area (TPSA) is 9.23 Å². The molecule has 1 saturated heterocycles. The summed E-state index contributed by atoms with van der Waals surface area (Å²) in [5.41, 5.74) is 2.65. The fourth-order valence-electron chi connectivity index (χ4n) is 2.03. The van der Waals surface area contributed by atoms with Gasteiger partial charge in [-0.25, -0.2) is 0 Å². The van der Waals surface area contributed by atoms with Crippen molar-refractivity contribution in [3.8, 4) is 0 Å². The number of aryl methyl sites for hydroxylation is 1. The Hall–Kier alpha value is -0.820. The lowest BCUT2D eigenvalue weighted by Gasteiger charge is -2.28. The highest BCUT2D eigenvalue weighted by molar-refractivity contribution is 5.23. The molecule has 0 spiro atoms. The minimum atomic E-state index is 0.333. The largest absolute Gasteiger partial charge is 0.371 e. The summed E-state index contributed by atoms with van der Waals surface area (Å²) in [4.78, 5) is 0. The van der Waals surface area contributed by atoms with Crippen molar-refractivity contribution in [1.82, 2.24) is 0 Å². The second-order valence-corrected chi connectivity index (χ2v) is 4.28. The van der Waals surface area contributed by atoms with Crippen molar-refractivity contribution in [2.75, 3.05) is 0 Å². The molecule has 0 radical (unpaired) electrons. The van der Waals surface area contributed by atoms with Crippen LogP contribution in [0.2, 0.25) is 0 Å². The van der Waals surface area contributed by atoms with E-state index >= 15 is 0 Å². The maximum Gasteiger partial charge on any atom is 0.0828 e. The molecule has 2 atom stereocenters. The van der Waals surface area contributed by atoms with Crippen LogP contribution in [0.15, 0.2) is 24.3 Å². The van der Waals surface area contributed by atoms with Gasteiger partial charge in [0.2, 0.25) is 0 Å². The summed E-state index contributed by atoms with van der Waals surface area (Å²) >= 11 is 0. The van der Waals surface area contributed by atoms with Gasteiger partial charge >= 0.3 is 0 Å². The molecule has 1 heterocycles. The fraction of sp³-hybridized carbons (Fsp3) is 0.538. The van der Waals surface area contributed by atoms with E-state index in [1.54, 1.807) is 0 Å². The first-order valence-corrected chi connectivity index (χ1v) is 5.48. The van der Waals surface area contributed by atoms with E-state index in [9.17, 15) is 0 Å². The van der Waals surface area contributed by atoms with Crippen molar-refractivity contribution in [1.29, 1.82) is 0 Å². The molecule has 0 unspecified atom stereocenters. The van der Waals surface area contributed by atoms with Gasteiger partial charge in [-0.1, -0.05) is 29.8 Å². The zero-order valence-electron chi connectivity index (χ0n) is 8.99. The zero-order valence-corrected chi connectivity index (χ0v) is 8.99. The minimum Gasteiger partial charge on any atom is -0.371 e. The van der Waals surface area contributed by atoms with Crippen molar-refractivity contribution in [2.45, 2.75) is 45.3 Å². The molecule has 2 rings (SSSR count). The Morgan fingerprint density at radius 1 is 1.14 bits per heavy atom. The Kier molecular flexibility index (Phi) is 2.87. The first kappa shape index (κ1) is 9.72. The Bertz CT molecular complexity index is 289. The van der Waals surface area contributed by atoms with E-state index in [0.717, 1.165) is 0 Å². The Morgan fingerprint density at radius 3 is 2.50 bits per heavy atom. The highest BCUT2D eigenvalue weighted by atomic mass is 16.5. The lowest BCUT2D eigenvalue weighted by molar-refractivity contribution is -0.0414. The van der Waals surface area contributed by atoms with Gasteiger partial charge in [-0.3, -0.25) is 0 Å². The Labute approximate surface area is 86.1 Å². The summed E-state index contributed by atoms with van der Waals surface area (Å²) in [5.74, 6) is 0. The monoisotopic (exact) mass is 190 g/mol. The number of benzene rings is 1. The number of hydrogen-bond acceptors (Lipinski definition) is 1. The number of rotatable bonds is 1. The van der Waals surface area contributed by atoms with Crippen LogP contribution in [-0.2, 0) is 4.74 Å². The SMILES string of the molecule is Cc1ccc([C@H]2CCC[C@H](C)O2)cc1. The van der Waals surface area contributed by atoms with Crippen LogP contribution in [0, 0.1) is 6.92 Å². The van der Waals surface area contributed by atoms with Gasteiger partial charge in [-0.2, -0.15) is 0 Å². The molecule has 0 aliphatic carbocycles. The van der Waals surface area contributed by atoms with Crippen LogP contribution in [0.4, 0.5) is 0 Å². The van der Waals surface area contributed by atoms with Crippen LogP contribution in [0.1, 0.15) is 43.4 Å². The van der Waals surface area contributed by atoms with Crippen molar-refractivity contribution < 1.29 is 4.74 Å². The van der Waals surface area contributed by atoms with Gasteiger partial charge < -0.3 is 4.74 Å². The molecule has 1 nitrogen and oxygen atoms in total. The van der Waals surface area contributed by atoms with Crippen LogP contribution in [0.25, 0.3) is 0 Å². The van der Waals surface area contributed by atoms with Gasteiger partial charge in [0.15, 0.2) is 0 Å². The van der Waals surface area contributed by atoms with E-state index in [0.29, 0.717) is 12.2 Å². The molecule has 0 bridgehead atoms. The van der Waals surface area contributed by atoms with E-state index in [4.69, 9.17) is 4.74 Å². The molecule has 76 valence electrons. The summed E-state index contributed by atoms with van der Waals surface area (Å²) in [7, 11) is 0. The molecule has 0 saturated carbocycles. The van der Waals surface area contributed by atoms with Gasteiger partial charge in [0, 0.05) is 0 Å². The third-order valence-electron chi connectivity index (χ3n) is 2.92. The molecule has 1 heteroatoms. The summed E-state index contributed by atoms with van der Waals surface area (Å²) < 4.78 is 5.91. The predicted octanol–water partition coefficient (Wildman–Crippen LogP) is 3.63. The van der Waals surface area contributed by atoms with E-state index < -0.39 is 0 Å². The first-order valence-electron chi connectivity index (χ1n) is 5.48. The van der Waals surface area contributed by atoms with Crippen LogP contribution in [0.3, 0.4) is 0 Å². The Balaban J connectivity index is 2.10. The molecule has 1 fully saturated rings. The van der Waals surface area contributed by atoms with Gasteiger partial charge in [0.1, 0.15) is 0 Å².